The van der Waals surface area contributed by atoms with E-state index in [9.17, 15) is 4.79 Å². The van der Waals surface area contributed by atoms with E-state index in [4.69, 9.17) is 5.73 Å². The average molecular weight is 339 g/mol. The Bertz CT molecular complexity index is 503. The van der Waals surface area contributed by atoms with Crippen LogP contribution < -0.4 is 5.73 Å². The summed E-state index contributed by atoms with van der Waals surface area (Å²) in [5, 5.41) is 0. The van der Waals surface area contributed by atoms with Gasteiger partial charge in [0.25, 0.3) is 5.91 Å². The number of rotatable bonds is 2. The van der Waals surface area contributed by atoms with Gasteiger partial charge < -0.3 is 10.6 Å². The summed E-state index contributed by atoms with van der Waals surface area (Å²) < 4.78 is 0.779. The molecule has 1 saturated carbocycles. The van der Waals surface area contributed by atoms with Gasteiger partial charge in [-0.05, 0) is 65.2 Å². The van der Waals surface area contributed by atoms with Gasteiger partial charge in [0.2, 0.25) is 0 Å². The smallest absolute Gasteiger partial charge is 0.253 e. The SMILES string of the molecule is CN(C(=O)c1ccc(N)c(Br)c1)C1CCC(C)(C)CC1. The highest BCUT2D eigenvalue weighted by Gasteiger charge is 2.30. The summed E-state index contributed by atoms with van der Waals surface area (Å²) >= 11 is 3.38. The zero-order valence-electron chi connectivity index (χ0n) is 12.4. The predicted molar refractivity (Wildman–Crippen MR) is 86.7 cm³/mol. The Morgan fingerprint density at radius 3 is 2.50 bits per heavy atom. The predicted octanol–water partition coefficient (Wildman–Crippen LogP) is 4.07. The fourth-order valence-corrected chi connectivity index (χ4v) is 3.18. The average Bonchev–Trinajstić information content (AvgIpc) is 2.40. The third-order valence-corrected chi connectivity index (χ3v) is 5.11. The molecule has 0 aliphatic heterocycles. The second kappa shape index (κ2) is 5.76. The molecule has 2 N–H and O–H groups in total. The van der Waals surface area contributed by atoms with Crippen molar-refractivity contribution in [2.24, 2.45) is 5.41 Å². The molecule has 0 saturated heterocycles. The largest absolute Gasteiger partial charge is 0.398 e. The molecule has 0 aromatic heterocycles. The van der Waals surface area contributed by atoms with Crippen molar-refractivity contribution in [3.8, 4) is 0 Å². The number of hydrogen-bond acceptors (Lipinski definition) is 2. The highest BCUT2D eigenvalue weighted by atomic mass is 79.9. The Balaban J connectivity index is 2.07. The summed E-state index contributed by atoms with van der Waals surface area (Å²) in [5.74, 6) is 0.0791. The quantitative estimate of drug-likeness (QED) is 0.826. The Morgan fingerprint density at radius 2 is 1.95 bits per heavy atom. The summed E-state index contributed by atoms with van der Waals surface area (Å²) in [4.78, 5) is 14.4. The van der Waals surface area contributed by atoms with Gasteiger partial charge in [0, 0.05) is 28.8 Å². The summed E-state index contributed by atoms with van der Waals surface area (Å²) in [6, 6.07) is 5.73. The lowest BCUT2D eigenvalue weighted by atomic mass is 9.75. The summed E-state index contributed by atoms with van der Waals surface area (Å²) in [6.45, 7) is 4.62. The van der Waals surface area contributed by atoms with Crippen molar-refractivity contribution in [1.29, 1.82) is 0 Å². The van der Waals surface area contributed by atoms with Crippen LogP contribution in [0.2, 0.25) is 0 Å². The minimum atomic E-state index is 0.0791. The number of nitrogen functional groups attached to an aromatic ring is 1. The molecule has 110 valence electrons. The normalized spacial score (nSPS) is 18.8. The van der Waals surface area contributed by atoms with Crippen LogP contribution >= 0.6 is 15.9 Å². The van der Waals surface area contributed by atoms with Crippen molar-refractivity contribution in [3.05, 3.63) is 28.2 Å². The van der Waals surface area contributed by atoms with Gasteiger partial charge >= 0.3 is 0 Å². The molecule has 1 aromatic rings. The monoisotopic (exact) mass is 338 g/mol. The second-order valence-electron chi connectivity index (χ2n) is 6.55. The van der Waals surface area contributed by atoms with Crippen molar-refractivity contribution in [2.75, 3.05) is 12.8 Å². The van der Waals surface area contributed by atoms with Gasteiger partial charge in [-0.25, -0.2) is 0 Å². The number of nitrogens with zero attached hydrogens (tertiary/aromatic N) is 1. The van der Waals surface area contributed by atoms with E-state index in [1.165, 1.54) is 12.8 Å². The number of carbonyl (C=O) groups excluding carboxylic acids is 1. The van der Waals surface area contributed by atoms with Crippen LogP contribution in [0.1, 0.15) is 49.9 Å². The molecule has 0 spiro atoms. The van der Waals surface area contributed by atoms with E-state index in [0.29, 0.717) is 22.7 Å². The fourth-order valence-electron chi connectivity index (χ4n) is 2.80. The van der Waals surface area contributed by atoms with E-state index in [0.717, 1.165) is 17.3 Å². The molecule has 1 fully saturated rings. The number of hydrogen-bond donors (Lipinski definition) is 1. The number of carbonyl (C=O) groups is 1. The Kier molecular flexibility index (Phi) is 4.43. The van der Waals surface area contributed by atoms with Crippen molar-refractivity contribution in [2.45, 2.75) is 45.6 Å². The van der Waals surface area contributed by atoms with Crippen LogP contribution in [-0.2, 0) is 0 Å². The molecule has 20 heavy (non-hydrogen) atoms. The van der Waals surface area contributed by atoms with Crippen LogP contribution in [0, 0.1) is 5.41 Å². The van der Waals surface area contributed by atoms with Crippen LogP contribution in [-0.4, -0.2) is 23.9 Å². The first kappa shape index (κ1) is 15.4. The summed E-state index contributed by atoms with van der Waals surface area (Å²) in [7, 11) is 1.91. The van der Waals surface area contributed by atoms with Gasteiger partial charge in [0.05, 0.1) is 0 Å². The van der Waals surface area contributed by atoms with Crippen LogP contribution in [0.3, 0.4) is 0 Å². The number of anilines is 1. The number of amides is 1. The molecule has 1 aromatic carbocycles. The third-order valence-electron chi connectivity index (χ3n) is 4.42. The molecule has 2 rings (SSSR count). The molecular formula is C16H23BrN2O. The van der Waals surface area contributed by atoms with Crippen LogP contribution in [0.4, 0.5) is 5.69 Å². The van der Waals surface area contributed by atoms with E-state index in [1.54, 1.807) is 18.2 Å². The van der Waals surface area contributed by atoms with Crippen molar-refractivity contribution >= 4 is 27.5 Å². The Labute approximate surface area is 129 Å². The maximum atomic E-state index is 12.5. The summed E-state index contributed by atoms with van der Waals surface area (Å²) in [5.41, 5.74) is 7.54. The van der Waals surface area contributed by atoms with Crippen molar-refractivity contribution < 1.29 is 4.79 Å². The topological polar surface area (TPSA) is 46.3 Å². The molecule has 0 radical (unpaired) electrons. The second-order valence-corrected chi connectivity index (χ2v) is 7.40. The van der Waals surface area contributed by atoms with Crippen LogP contribution in [0.25, 0.3) is 0 Å². The summed E-state index contributed by atoms with van der Waals surface area (Å²) in [6.07, 6.45) is 4.54. The lowest BCUT2D eigenvalue weighted by Crippen LogP contribution is -2.40. The highest BCUT2D eigenvalue weighted by Crippen LogP contribution is 2.37. The van der Waals surface area contributed by atoms with Crippen LogP contribution in [0.15, 0.2) is 22.7 Å². The molecule has 4 heteroatoms. The molecule has 1 amide bonds. The molecule has 1 aliphatic carbocycles. The first-order valence-electron chi connectivity index (χ1n) is 7.12. The maximum Gasteiger partial charge on any atom is 0.253 e. The van der Waals surface area contributed by atoms with Gasteiger partial charge in [0.1, 0.15) is 0 Å². The van der Waals surface area contributed by atoms with E-state index in [2.05, 4.69) is 29.8 Å². The molecule has 3 nitrogen and oxygen atoms in total. The molecule has 1 aliphatic rings. The maximum absolute atomic E-state index is 12.5. The minimum absolute atomic E-state index is 0.0791. The van der Waals surface area contributed by atoms with E-state index >= 15 is 0 Å². The molecule has 0 unspecified atom stereocenters. The zero-order chi connectivity index (χ0) is 14.9. The van der Waals surface area contributed by atoms with Gasteiger partial charge in [-0.3, -0.25) is 4.79 Å². The van der Waals surface area contributed by atoms with Crippen molar-refractivity contribution in [1.82, 2.24) is 4.90 Å². The lowest BCUT2D eigenvalue weighted by Gasteiger charge is -2.38. The van der Waals surface area contributed by atoms with Gasteiger partial charge in [0.15, 0.2) is 0 Å². The molecule has 0 atom stereocenters. The first-order valence-corrected chi connectivity index (χ1v) is 7.92. The third kappa shape index (κ3) is 3.35. The van der Waals surface area contributed by atoms with Crippen molar-refractivity contribution in [3.63, 3.8) is 0 Å². The molecule has 0 bridgehead atoms. The molecular weight excluding hydrogens is 316 g/mol. The van der Waals surface area contributed by atoms with E-state index in [1.807, 2.05) is 11.9 Å². The number of benzene rings is 1. The molecule has 0 heterocycles. The van der Waals surface area contributed by atoms with E-state index < -0.39 is 0 Å². The first-order chi connectivity index (χ1) is 9.30. The fraction of sp³-hybridized carbons (Fsp3) is 0.562. The van der Waals surface area contributed by atoms with E-state index in [-0.39, 0.29) is 5.91 Å². The van der Waals surface area contributed by atoms with Crippen LogP contribution in [0.5, 0.6) is 0 Å². The van der Waals surface area contributed by atoms with Gasteiger partial charge in [-0.2, -0.15) is 0 Å². The Morgan fingerprint density at radius 1 is 1.35 bits per heavy atom. The standard InChI is InChI=1S/C16H23BrN2O/c1-16(2)8-6-12(7-9-16)19(3)15(20)11-4-5-14(18)13(17)10-11/h4-5,10,12H,6-9,18H2,1-3H3. The number of nitrogens with two attached hydrogens (primary N) is 1. The highest BCUT2D eigenvalue weighted by molar-refractivity contribution is 9.10. The lowest BCUT2D eigenvalue weighted by molar-refractivity contribution is 0.0635. The van der Waals surface area contributed by atoms with Gasteiger partial charge in [-0.1, -0.05) is 13.8 Å². The minimum Gasteiger partial charge on any atom is -0.398 e. The number of halogens is 1. The zero-order valence-corrected chi connectivity index (χ0v) is 14.0. The van der Waals surface area contributed by atoms with Gasteiger partial charge in [-0.15, -0.1) is 0 Å². The Hall–Kier alpha value is -1.03.